The molecule has 1 aliphatic heterocycles. The Kier molecular flexibility index (Phi) is 4.46. The number of thioether (sulfide) groups is 2. The summed E-state index contributed by atoms with van der Waals surface area (Å²) in [4.78, 5) is 3.33. The fourth-order valence-electron chi connectivity index (χ4n) is 1.23. The highest BCUT2D eigenvalue weighted by Crippen LogP contribution is 2.37. The van der Waals surface area contributed by atoms with Crippen molar-refractivity contribution >= 4 is 23.5 Å². The molecule has 64 valence electrons. The van der Waals surface area contributed by atoms with E-state index in [0.29, 0.717) is 0 Å². The minimum atomic E-state index is 1.24. The van der Waals surface area contributed by atoms with Crippen LogP contribution in [0.3, 0.4) is 0 Å². The minimum absolute atomic E-state index is 1.24. The summed E-state index contributed by atoms with van der Waals surface area (Å²) in [6, 6.07) is 0. The van der Waals surface area contributed by atoms with Gasteiger partial charge in [0.05, 0.1) is 0 Å². The summed E-state index contributed by atoms with van der Waals surface area (Å²) >= 11 is 4.15. The van der Waals surface area contributed by atoms with Gasteiger partial charge in [0, 0.05) is 11.5 Å². The van der Waals surface area contributed by atoms with Gasteiger partial charge in [0.25, 0.3) is 0 Å². The van der Waals surface area contributed by atoms with Crippen LogP contribution in [-0.2, 0) is 0 Å². The molecule has 11 heavy (non-hydrogen) atoms. The zero-order valence-corrected chi connectivity index (χ0v) is 8.99. The van der Waals surface area contributed by atoms with Crippen molar-refractivity contribution in [3.63, 3.8) is 0 Å². The molecule has 0 nitrogen and oxygen atoms in total. The average molecular weight is 188 g/mol. The van der Waals surface area contributed by atoms with Gasteiger partial charge in [-0.2, -0.15) is 0 Å². The Balaban J connectivity index is 2.57. The molecule has 0 atom stereocenters. The zero-order valence-electron chi connectivity index (χ0n) is 7.35. The zero-order chi connectivity index (χ0) is 8.10. The second-order valence-corrected chi connectivity index (χ2v) is 5.03. The number of hydrogen-bond acceptors (Lipinski definition) is 2. The molecule has 0 unspecified atom stereocenters. The molecule has 0 saturated heterocycles. The first-order valence-electron chi connectivity index (χ1n) is 4.36. The van der Waals surface area contributed by atoms with Crippen LogP contribution in [0.4, 0.5) is 0 Å². The van der Waals surface area contributed by atoms with Crippen molar-refractivity contribution in [2.45, 2.75) is 33.1 Å². The lowest BCUT2D eigenvalue weighted by molar-refractivity contribution is 0.935. The highest BCUT2D eigenvalue weighted by molar-refractivity contribution is 8.09. The summed E-state index contributed by atoms with van der Waals surface area (Å²) in [5, 5.41) is 0. The molecular formula is C9H16S2. The fourth-order valence-corrected chi connectivity index (χ4v) is 3.86. The lowest BCUT2D eigenvalue weighted by Crippen LogP contribution is -1.96. The topological polar surface area (TPSA) is 0 Å². The van der Waals surface area contributed by atoms with Gasteiger partial charge < -0.3 is 0 Å². The lowest BCUT2D eigenvalue weighted by Gasteiger charge is -2.17. The monoisotopic (exact) mass is 188 g/mol. The maximum absolute atomic E-state index is 2.27. The van der Waals surface area contributed by atoms with Crippen LogP contribution < -0.4 is 0 Å². The predicted octanol–water partition coefficient (Wildman–Crippen LogP) is 3.89. The first-order chi connectivity index (χ1) is 5.38. The van der Waals surface area contributed by atoms with E-state index in [1.54, 1.807) is 9.81 Å². The van der Waals surface area contributed by atoms with E-state index in [1.165, 1.54) is 30.8 Å². The summed E-state index contributed by atoms with van der Waals surface area (Å²) in [6.45, 7) is 4.53. The standard InChI is InChI=1S/C9H16S2/c1-3-5-9-8(4-2)10-6-7-11-9/h3-7H2,1-2H3. The van der Waals surface area contributed by atoms with Crippen LogP contribution in [0, 0.1) is 0 Å². The van der Waals surface area contributed by atoms with Gasteiger partial charge in [0.2, 0.25) is 0 Å². The quantitative estimate of drug-likeness (QED) is 0.659. The number of hydrogen-bond donors (Lipinski definition) is 0. The van der Waals surface area contributed by atoms with Crippen LogP contribution in [0.25, 0.3) is 0 Å². The SMILES string of the molecule is CCCC1=C(CC)SCCS1. The van der Waals surface area contributed by atoms with Gasteiger partial charge in [0.1, 0.15) is 0 Å². The molecule has 1 heterocycles. The molecule has 0 aromatic rings. The van der Waals surface area contributed by atoms with E-state index in [9.17, 15) is 0 Å². The summed E-state index contributed by atoms with van der Waals surface area (Å²) in [5.74, 6) is 2.64. The van der Waals surface area contributed by atoms with Gasteiger partial charge in [0.15, 0.2) is 0 Å². The van der Waals surface area contributed by atoms with Gasteiger partial charge in [-0.05, 0) is 22.7 Å². The molecule has 0 amide bonds. The normalized spacial score (nSPS) is 19.1. The molecule has 1 aliphatic rings. The first kappa shape index (κ1) is 9.53. The van der Waals surface area contributed by atoms with Gasteiger partial charge in [-0.3, -0.25) is 0 Å². The Bertz CT molecular complexity index is 150. The Morgan fingerprint density at radius 3 is 2.27 bits per heavy atom. The summed E-state index contributed by atoms with van der Waals surface area (Å²) in [6.07, 6.45) is 3.85. The molecule has 0 bridgehead atoms. The molecule has 0 aromatic carbocycles. The third kappa shape index (κ3) is 2.75. The van der Waals surface area contributed by atoms with E-state index in [0.717, 1.165) is 0 Å². The highest BCUT2D eigenvalue weighted by Gasteiger charge is 2.10. The van der Waals surface area contributed by atoms with Crippen LogP contribution >= 0.6 is 23.5 Å². The van der Waals surface area contributed by atoms with Crippen LogP contribution in [0.1, 0.15) is 33.1 Å². The molecule has 0 spiro atoms. The van der Waals surface area contributed by atoms with E-state index in [2.05, 4.69) is 37.4 Å². The van der Waals surface area contributed by atoms with E-state index in [1.807, 2.05) is 0 Å². The maximum atomic E-state index is 2.27. The maximum Gasteiger partial charge on any atom is 0.00715 e. The van der Waals surface area contributed by atoms with Crippen LogP contribution in [0.2, 0.25) is 0 Å². The fraction of sp³-hybridized carbons (Fsp3) is 0.778. The van der Waals surface area contributed by atoms with Crippen molar-refractivity contribution in [2.75, 3.05) is 11.5 Å². The molecule has 0 aliphatic carbocycles. The first-order valence-corrected chi connectivity index (χ1v) is 6.33. The van der Waals surface area contributed by atoms with E-state index in [4.69, 9.17) is 0 Å². The Labute approximate surface area is 78.2 Å². The lowest BCUT2D eigenvalue weighted by atomic mass is 10.3. The largest absolute Gasteiger partial charge is 0.129 e. The number of rotatable bonds is 3. The van der Waals surface area contributed by atoms with Crippen molar-refractivity contribution in [3.8, 4) is 0 Å². The smallest absolute Gasteiger partial charge is 0.00715 e. The summed E-state index contributed by atoms with van der Waals surface area (Å²) in [5.41, 5.74) is 0. The van der Waals surface area contributed by atoms with Crippen LogP contribution in [0.15, 0.2) is 9.81 Å². The number of allylic oxidation sites excluding steroid dienone is 2. The van der Waals surface area contributed by atoms with E-state index < -0.39 is 0 Å². The van der Waals surface area contributed by atoms with Gasteiger partial charge in [-0.25, -0.2) is 0 Å². The molecule has 1 rings (SSSR count). The van der Waals surface area contributed by atoms with Crippen LogP contribution in [0.5, 0.6) is 0 Å². The summed E-state index contributed by atoms with van der Waals surface area (Å²) in [7, 11) is 0. The van der Waals surface area contributed by atoms with Crippen molar-refractivity contribution in [3.05, 3.63) is 9.81 Å². The second kappa shape index (κ2) is 5.15. The van der Waals surface area contributed by atoms with E-state index >= 15 is 0 Å². The molecule has 0 saturated carbocycles. The molecule has 2 heteroatoms. The Morgan fingerprint density at radius 2 is 1.73 bits per heavy atom. The van der Waals surface area contributed by atoms with Crippen molar-refractivity contribution in [1.82, 2.24) is 0 Å². The van der Waals surface area contributed by atoms with Crippen molar-refractivity contribution < 1.29 is 0 Å². The minimum Gasteiger partial charge on any atom is -0.129 e. The van der Waals surface area contributed by atoms with Crippen molar-refractivity contribution in [1.29, 1.82) is 0 Å². The predicted molar refractivity (Wildman–Crippen MR) is 57.1 cm³/mol. The molecular weight excluding hydrogens is 172 g/mol. The third-order valence-electron chi connectivity index (χ3n) is 1.75. The molecule has 0 fully saturated rings. The van der Waals surface area contributed by atoms with Gasteiger partial charge in [-0.15, -0.1) is 23.5 Å². The van der Waals surface area contributed by atoms with Crippen molar-refractivity contribution in [2.24, 2.45) is 0 Å². The average Bonchev–Trinajstić information content (AvgIpc) is 2.06. The molecule has 0 radical (unpaired) electrons. The molecule has 0 aromatic heterocycles. The van der Waals surface area contributed by atoms with Crippen LogP contribution in [-0.4, -0.2) is 11.5 Å². The highest BCUT2D eigenvalue weighted by atomic mass is 32.2. The van der Waals surface area contributed by atoms with E-state index in [-0.39, 0.29) is 0 Å². The second-order valence-electron chi connectivity index (χ2n) is 2.65. The Hall–Kier alpha value is 0.440. The molecule has 0 N–H and O–H groups in total. The summed E-state index contributed by atoms with van der Waals surface area (Å²) < 4.78 is 0. The Morgan fingerprint density at radius 1 is 1.09 bits per heavy atom. The van der Waals surface area contributed by atoms with Gasteiger partial charge >= 0.3 is 0 Å². The van der Waals surface area contributed by atoms with Gasteiger partial charge in [-0.1, -0.05) is 20.3 Å². The third-order valence-corrected chi connectivity index (χ3v) is 4.63.